The smallest absolute Gasteiger partial charge is 0.308 e. The third kappa shape index (κ3) is 5.11. The van der Waals surface area contributed by atoms with Crippen LogP contribution in [0.2, 0.25) is 0 Å². The Morgan fingerprint density at radius 3 is 2.72 bits per heavy atom. The number of methoxy groups -OCH3 is 1. The first-order chi connectivity index (χ1) is 11.9. The van der Waals surface area contributed by atoms with Gasteiger partial charge in [-0.3, -0.25) is 9.59 Å². The Hall–Kier alpha value is -2.24. The van der Waals surface area contributed by atoms with Gasteiger partial charge in [-0.25, -0.2) is 0 Å². The van der Waals surface area contributed by atoms with E-state index in [9.17, 15) is 14.7 Å². The first-order valence-corrected chi connectivity index (χ1v) is 8.75. The maximum absolute atomic E-state index is 12.7. The van der Waals surface area contributed by atoms with Crippen LogP contribution in [0, 0.1) is 11.8 Å². The molecule has 0 aromatic heterocycles. The highest BCUT2D eigenvalue weighted by atomic mass is 16.5. The summed E-state index contributed by atoms with van der Waals surface area (Å²) in [5, 5.41) is 9.17. The zero-order valence-corrected chi connectivity index (χ0v) is 15.2. The quantitative estimate of drug-likeness (QED) is 0.819. The second-order valence-electron chi connectivity index (χ2n) is 6.83. The molecule has 0 saturated carbocycles. The van der Waals surface area contributed by atoms with Gasteiger partial charge in [-0.05, 0) is 43.4 Å². The van der Waals surface area contributed by atoms with Crippen molar-refractivity contribution in [1.29, 1.82) is 0 Å². The standard InChI is InChI=1S/C19H27NO5/c1-13(2)8-10-25-16-7-6-14(11-17(16)24-3)18(21)20-9-4-5-15(12-20)19(22)23/h6-7,11,13,15H,4-5,8-10,12H2,1-3H3,(H,22,23)/t15-/m0/s1. The molecular formula is C19H27NO5. The molecule has 1 heterocycles. The lowest BCUT2D eigenvalue weighted by Crippen LogP contribution is -2.42. The second-order valence-corrected chi connectivity index (χ2v) is 6.83. The maximum Gasteiger partial charge on any atom is 0.308 e. The average molecular weight is 349 g/mol. The van der Waals surface area contributed by atoms with E-state index in [0.717, 1.165) is 6.42 Å². The number of carboxylic acids is 1. The van der Waals surface area contributed by atoms with E-state index >= 15 is 0 Å². The van der Waals surface area contributed by atoms with Crippen LogP contribution in [-0.4, -0.2) is 48.7 Å². The van der Waals surface area contributed by atoms with Crippen LogP contribution in [0.3, 0.4) is 0 Å². The summed E-state index contributed by atoms with van der Waals surface area (Å²) < 4.78 is 11.1. The lowest BCUT2D eigenvalue weighted by molar-refractivity contribution is -0.143. The molecule has 1 aromatic rings. The highest BCUT2D eigenvalue weighted by Crippen LogP contribution is 2.29. The molecule has 1 aliphatic heterocycles. The summed E-state index contributed by atoms with van der Waals surface area (Å²) in [6.07, 6.45) is 2.26. The predicted octanol–water partition coefficient (Wildman–Crippen LogP) is 3.06. The number of nitrogens with zero attached hydrogens (tertiary/aromatic N) is 1. The molecule has 138 valence electrons. The van der Waals surface area contributed by atoms with Crippen molar-refractivity contribution in [2.75, 3.05) is 26.8 Å². The highest BCUT2D eigenvalue weighted by molar-refractivity contribution is 5.95. The fourth-order valence-electron chi connectivity index (χ4n) is 2.87. The number of amides is 1. The molecule has 1 amide bonds. The molecule has 1 atom stereocenters. The van der Waals surface area contributed by atoms with Gasteiger partial charge in [0.05, 0.1) is 19.6 Å². The zero-order valence-electron chi connectivity index (χ0n) is 15.2. The van der Waals surface area contributed by atoms with E-state index in [1.54, 1.807) is 30.2 Å². The van der Waals surface area contributed by atoms with Crippen molar-refractivity contribution in [3.63, 3.8) is 0 Å². The second kappa shape index (κ2) is 8.74. The summed E-state index contributed by atoms with van der Waals surface area (Å²) in [6.45, 7) is 5.69. The number of hydrogen-bond acceptors (Lipinski definition) is 4. The first-order valence-electron chi connectivity index (χ1n) is 8.75. The number of rotatable bonds is 7. The van der Waals surface area contributed by atoms with Crippen molar-refractivity contribution in [2.24, 2.45) is 11.8 Å². The summed E-state index contributed by atoms with van der Waals surface area (Å²) in [6, 6.07) is 5.11. The molecular weight excluding hydrogens is 322 g/mol. The average Bonchev–Trinajstić information content (AvgIpc) is 2.61. The van der Waals surface area contributed by atoms with Gasteiger partial charge in [-0.15, -0.1) is 0 Å². The van der Waals surface area contributed by atoms with Gasteiger partial charge >= 0.3 is 5.97 Å². The Morgan fingerprint density at radius 2 is 2.08 bits per heavy atom. The molecule has 1 aliphatic rings. The van der Waals surface area contributed by atoms with Crippen LogP contribution in [0.15, 0.2) is 18.2 Å². The summed E-state index contributed by atoms with van der Waals surface area (Å²) in [5.74, 6) is 0.177. The van der Waals surface area contributed by atoms with E-state index in [4.69, 9.17) is 9.47 Å². The number of hydrogen-bond donors (Lipinski definition) is 1. The summed E-state index contributed by atoms with van der Waals surface area (Å²) in [4.78, 5) is 25.5. The topological polar surface area (TPSA) is 76.1 Å². The lowest BCUT2D eigenvalue weighted by Gasteiger charge is -2.30. The molecule has 1 N–H and O–H groups in total. The van der Waals surface area contributed by atoms with Gasteiger partial charge in [0.15, 0.2) is 11.5 Å². The number of carboxylic acid groups (broad SMARTS) is 1. The van der Waals surface area contributed by atoms with Crippen molar-refractivity contribution in [3.05, 3.63) is 23.8 Å². The number of piperidine rings is 1. The van der Waals surface area contributed by atoms with E-state index in [0.29, 0.717) is 49.0 Å². The molecule has 6 nitrogen and oxygen atoms in total. The molecule has 0 bridgehead atoms. The molecule has 6 heteroatoms. The summed E-state index contributed by atoms with van der Waals surface area (Å²) >= 11 is 0. The Kier molecular flexibility index (Phi) is 6.67. The van der Waals surface area contributed by atoms with Crippen LogP contribution in [0.4, 0.5) is 0 Å². The predicted molar refractivity (Wildman–Crippen MR) is 94.2 cm³/mol. The Bertz CT molecular complexity index is 614. The Labute approximate surface area is 148 Å². The highest BCUT2D eigenvalue weighted by Gasteiger charge is 2.29. The van der Waals surface area contributed by atoms with Gasteiger partial charge in [0.1, 0.15) is 0 Å². The Balaban J connectivity index is 2.08. The van der Waals surface area contributed by atoms with E-state index < -0.39 is 11.9 Å². The SMILES string of the molecule is COc1cc(C(=O)N2CCC[C@H](C(=O)O)C2)ccc1OCCC(C)C. The minimum absolute atomic E-state index is 0.169. The maximum atomic E-state index is 12.7. The number of benzene rings is 1. The molecule has 1 aromatic carbocycles. The van der Waals surface area contributed by atoms with Crippen molar-refractivity contribution in [3.8, 4) is 11.5 Å². The summed E-state index contributed by atoms with van der Waals surface area (Å²) in [7, 11) is 1.54. The molecule has 0 radical (unpaired) electrons. The van der Waals surface area contributed by atoms with Gasteiger partial charge in [0, 0.05) is 18.7 Å². The van der Waals surface area contributed by atoms with E-state index in [1.165, 1.54) is 0 Å². The normalized spacial score (nSPS) is 17.4. The van der Waals surface area contributed by atoms with Crippen LogP contribution in [0.25, 0.3) is 0 Å². The van der Waals surface area contributed by atoms with Crippen LogP contribution in [-0.2, 0) is 4.79 Å². The van der Waals surface area contributed by atoms with Gasteiger partial charge in [0.25, 0.3) is 5.91 Å². The minimum Gasteiger partial charge on any atom is -0.493 e. The lowest BCUT2D eigenvalue weighted by atomic mass is 9.97. The van der Waals surface area contributed by atoms with Crippen LogP contribution in [0.5, 0.6) is 11.5 Å². The fraction of sp³-hybridized carbons (Fsp3) is 0.579. The van der Waals surface area contributed by atoms with Gasteiger partial charge in [0.2, 0.25) is 0 Å². The number of likely N-dealkylation sites (tertiary alicyclic amines) is 1. The van der Waals surface area contributed by atoms with Crippen LogP contribution >= 0.6 is 0 Å². The third-order valence-electron chi connectivity index (χ3n) is 4.42. The van der Waals surface area contributed by atoms with Gasteiger partial charge in [-0.1, -0.05) is 13.8 Å². The Morgan fingerprint density at radius 1 is 1.32 bits per heavy atom. The van der Waals surface area contributed by atoms with Crippen molar-refractivity contribution < 1.29 is 24.2 Å². The van der Waals surface area contributed by atoms with E-state index in [-0.39, 0.29) is 12.5 Å². The first kappa shape index (κ1) is 19.1. The summed E-state index contributed by atoms with van der Waals surface area (Å²) in [5.41, 5.74) is 0.485. The minimum atomic E-state index is -0.844. The van der Waals surface area contributed by atoms with Crippen molar-refractivity contribution in [1.82, 2.24) is 4.90 Å². The molecule has 0 unspecified atom stereocenters. The third-order valence-corrected chi connectivity index (χ3v) is 4.42. The molecule has 1 fully saturated rings. The van der Waals surface area contributed by atoms with Crippen molar-refractivity contribution >= 4 is 11.9 Å². The molecule has 0 spiro atoms. The van der Waals surface area contributed by atoms with Crippen molar-refractivity contribution in [2.45, 2.75) is 33.1 Å². The van der Waals surface area contributed by atoms with Crippen LogP contribution in [0.1, 0.15) is 43.5 Å². The monoisotopic (exact) mass is 349 g/mol. The van der Waals surface area contributed by atoms with E-state index in [1.807, 2.05) is 0 Å². The van der Waals surface area contributed by atoms with Crippen LogP contribution < -0.4 is 9.47 Å². The fourth-order valence-corrected chi connectivity index (χ4v) is 2.87. The molecule has 1 saturated heterocycles. The molecule has 25 heavy (non-hydrogen) atoms. The van der Waals surface area contributed by atoms with E-state index in [2.05, 4.69) is 13.8 Å². The van der Waals surface area contributed by atoms with Gasteiger partial charge < -0.3 is 19.5 Å². The number of carbonyl (C=O) groups is 2. The van der Waals surface area contributed by atoms with Gasteiger partial charge in [-0.2, -0.15) is 0 Å². The largest absolute Gasteiger partial charge is 0.493 e. The number of ether oxygens (including phenoxy) is 2. The molecule has 0 aliphatic carbocycles. The zero-order chi connectivity index (χ0) is 18.4. The molecule has 2 rings (SSSR count). The number of aliphatic carboxylic acids is 1. The number of carbonyl (C=O) groups excluding carboxylic acids is 1.